The quantitative estimate of drug-likeness (QED) is 0.198. The van der Waals surface area contributed by atoms with Gasteiger partial charge in [-0.3, -0.25) is 9.11 Å². The van der Waals surface area contributed by atoms with Crippen LogP contribution in [0.4, 0.5) is 11.4 Å². The number of allylic oxidation sites excluding steroid dienone is 8. The summed E-state index contributed by atoms with van der Waals surface area (Å²) in [5, 5.41) is 0. The van der Waals surface area contributed by atoms with Crippen molar-refractivity contribution in [3.63, 3.8) is 0 Å². The van der Waals surface area contributed by atoms with Gasteiger partial charge in [0.05, 0.1) is 10.3 Å². The van der Waals surface area contributed by atoms with Crippen molar-refractivity contribution >= 4 is 38.6 Å². The van der Waals surface area contributed by atoms with Crippen molar-refractivity contribution in [3.05, 3.63) is 95.8 Å². The molecule has 0 bridgehead atoms. The fraction of sp³-hybridized carbons (Fsp3) is 0.276. The van der Waals surface area contributed by atoms with E-state index in [9.17, 15) is 17.2 Å². The van der Waals surface area contributed by atoms with Crippen molar-refractivity contribution in [1.29, 1.82) is 0 Å². The van der Waals surface area contributed by atoms with Crippen LogP contribution in [0, 0.1) is 0 Å². The summed E-state index contributed by atoms with van der Waals surface area (Å²) >= 11 is -2.37. The molecule has 0 spiro atoms. The molecule has 1 unspecified atom stereocenters. The maximum atomic E-state index is 11.6. The van der Waals surface area contributed by atoms with Crippen molar-refractivity contribution in [3.8, 4) is 5.75 Å². The van der Waals surface area contributed by atoms with Crippen LogP contribution in [0.2, 0.25) is 0 Å². The molecule has 206 valence electrons. The molecular weight excluding hydrogens is 536 g/mol. The number of rotatable bonds is 7. The van der Waals surface area contributed by atoms with Crippen LogP contribution < -0.4 is 9.08 Å². The highest BCUT2D eigenvalue weighted by atomic mass is 32.2. The van der Waals surface area contributed by atoms with Crippen molar-refractivity contribution < 1.29 is 30.5 Å². The Bertz CT molecular complexity index is 1610. The largest absolute Gasteiger partial charge is 0.380 e. The predicted octanol–water partition coefficient (Wildman–Crippen LogP) is 5.43. The molecule has 8 nitrogen and oxygen atoms in total. The van der Waals surface area contributed by atoms with Gasteiger partial charge in [0.25, 0.3) is 10.1 Å². The number of likely N-dealkylation sites (N-methyl/N-ethyl adjacent to an activating group) is 1. The average Bonchev–Trinajstić information content (AvgIpc) is 3.15. The molecule has 0 fully saturated rings. The Kier molecular flexibility index (Phi) is 7.61. The van der Waals surface area contributed by atoms with Crippen LogP contribution >= 0.6 is 0 Å². The molecule has 2 aliphatic rings. The van der Waals surface area contributed by atoms with Crippen LogP contribution in [0.15, 0.2) is 89.5 Å². The van der Waals surface area contributed by atoms with E-state index in [1.807, 2.05) is 81.4 Å². The highest BCUT2D eigenvalue weighted by molar-refractivity contribution is 7.85. The second-order valence-corrected chi connectivity index (χ2v) is 12.6. The summed E-state index contributed by atoms with van der Waals surface area (Å²) in [5.74, 6) is 0.346. The van der Waals surface area contributed by atoms with E-state index in [0.717, 1.165) is 33.9 Å². The van der Waals surface area contributed by atoms with E-state index in [4.69, 9.17) is 8.74 Å². The fourth-order valence-electron chi connectivity index (χ4n) is 5.41. The van der Waals surface area contributed by atoms with E-state index in [0.29, 0.717) is 5.75 Å². The van der Waals surface area contributed by atoms with Crippen LogP contribution in [-0.2, 0) is 32.3 Å². The van der Waals surface area contributed by atoms with Gasteiger partial charge in [-0.1, -0.05) is 44.2 Å². The van der Waals surface area contributed by atoms with Gasteiger partial charge in [0.15, 0.2) is 5.71 Å². The summed E-state index contributed by atoms with van der Waals surface area (Å²) in [6.45, 7) is 8.24. The second-order valence-electron chi connectivity index (χ2n) is 10.6. The molecule has 0 saturated heterocycles. The Morgan fingerprint density at radius 1 is 0.949 bits per heavy atom. The number of fused-ring (bicyclic) bond motifs is 2. The van der Waals surface area contributed by atoms with Gasteiger partial charge in [0.1, 0.15) is 12.8 Å². The minimum atomic E-state index is -4.28. The Hall–Kier alpha value is -3.31. The molecule has 2 aliphatic heterocycles. The Morgan fingerprint density at radius 2 is 1.62 bits per heavy atom. The van der Waals surface area contributed by atoms with Gasteiger partial charge in [0.2, 0.25) is 5.69 Å². The first kappa shape index (κ1) is 28.7. The average molecular weight is 570 g/mol. The molecule has 0 amide bonds. The van der Waals surface area contributed by atoms with Crippen molar-refractivity contribution in [2.24, 2.45) is 0 Å². The topological polar surface area (TPSA) is 107 Å². The van der Waals surface area contributed by atoms with E-state index in [2.05, 4.69) is 18.4 Å². The standard InChI is InChI=1S/C29H32N2O6S2/c1-28(2)22-18-20(37-38(32)33)14-16-24(22)30(5)26(28)12-10-8-7-9-11-13-27-29(3,4)23-19-21(39(34,35)36)15-17-25(23)31(27)6/h7-19H,1-6H3,(H-,32,33,34,35,36)/p+1. The minimum absolute atomic E-state index is 0.110. The van der Waals surface area contributed by atoms with Crippen molar-refractivity contribution in [2.45, 2.75) is 43.4 Å². The van der Waals surface area contributed by atoms with E-state index in [1.165, 1.54) is 12.1 Å². The zero-order valence-electron chi connectivity index (χ0n) is 22.7. The lowest BCUT2D eigenvalue weighted by atomic mass is 9.81. The molecule has 10 heteroatoms. The van der Waals surface area contributed by atoms with Crippen molar-refractivity contribution in [1.82, 2.24) is 0 Å². The first-order valence-corrected chi connectivity index (χ1v) is 14.8. The number of hydrogen-bond donors (Lipinski definition) is 2. The van der Waals surface area contributed by atoms with Crippen LogP contribution in [-0.4, -0.2) is 46.1 Å². The summed E-state index contributed by atoms with van der Waals surface area (Å²) in [4.78, 5) is 1.92. The lowest BCUT2D eigenvalue weighted by molar-refractivity contribution is -0.401. The molecule has 2 aromatic rings. The summed E-state index contributed by atoms with van der Waals surface area (Å²) in [5.41, 5.74) is 5.06. The molecule has 0 aliphatic carbocycles. The molecule has 2 aromatic carbocycles. The Labute approximate surface area is 232 Å². The van der Waals surface area contributed by atoms with Crippen LogP contribution in [0.25, 0.3) is 0 Å². The van der Waals surface area contributed by atoms with Crippen LogP contribution in [0.3, 0.4) is 0 Å². The third-order valence-electron chi connectivity index (χ3n) is 7.43. The molecular formula is C29H33N2O6S2+. The number of hydrogen-bond acceptors (Lipinski definition) is 5. The first-order chi connectivity index (χ1) is 18.2. The Balaban J connectivity index is 1.48. The molecule has 4 rings (SSSR count). The number of nitrogens with zero attached hydrogens (tertiary/aromatic N) is 2. The van der Waals surface area contributed by atoms with Gasteiger partial charge < -0.3 is 9.08 Å². The van der Waals surface area contributed by atoms with Gasteiger partial charge in [-0.05, 0) is 55.8 Å². The highest BCUT2D eigenvalue weighted by Crippen LogP contribution is 2.47. The number of benzene rings is 2. The second kappa shape index (κ2) is 10.3. The zero-order valence-corrected chi connectivity index (χ0v) is 24.4. The lowest BCUT2D eigenvalue weighted by Gasteiger charge is -2.23. The summed E-state index contributed by atoms with van der Waals surface area (Å²) < 4.78 is 59.8. The third kappa shape index (κ3) is 5.42. The molecule has 39 heavy (non-hydrogen) atoms. The van der Waals surface area contributed by atoms with Gasteiger partial charge in [-0.15, -0.1) is 0 Å². The third-order valence-corrected chi connectivity index (χ3v) is 8.61. The maximum Gasteiger partial charge on any atom is 0.357 e. The monoisotopic (exact) mass is 569 g/mol. The molecule has 2 N–H and O–H groups in total. The predicted molar refractivity (Wildman–Crippen MR) is 155 cm³/mol. The lowest BCUT2D eigenvalue weighted by Crippen LogP contribution is -2.26. The minimum Gasteiger partial charge on any atom is -0.380 e. The van der Waals surface area contributed by atoms with Crippen LogP contribution in [0.5, 0.6) is 5.75 Å². The Morgan fingerprint density at radius 3 is 2.28 bits per heavy atom. The number of anilines is 1. The van der Waals surface area contributed by atoms with Crippen molar-refractivity contribution in [2.75, 3.05) is 19.0 Å². The fourth-order valence-corrected chi connectivity index (χ4v) is 6.19. The first-order valence-electron chi connectivity index (χ1n) is 12.3. The van der Waals surface area contributed by atoms with E-state index in [-0.39, 0.29) is 10.3 Å². The van der Waals surface area contributed by atoms with Gasteiger partial charge in [0, 0.05) is 41.6 Å². The van der Waals surface area contributed by atoms with Gasteiger partial charge in [-0.2, -0.15) is 17.2 Å². The zero-order chi connectivity index (χ0) is 28.8. The van der Waals surface area contributed by atoms with E-state index in [1.54, 1.807) is 18.2 Å². The summed E-state index contributed by atoms with van der Waals surface area (Å²) in [7, 11) is -0.349. The van der Waals surface area contributed by atoms with Gasteiger partial charge in [-0.25, -0.2) is 0 Å². The molecule has 0 radical (unpaired) electrons. The summed E-state index contributed by atoms with van der Waals surface area (Å²) in [6, 6.07) is 10.0. The SMILES string of the molecule is CN1C(=CC=CC=CC=CC2=[N+](C)c3ccc(OS(=O)O)cc3C2(C)C)C(C)(C)c2cc(S(=O)(=O)O)ccc21. The van der Waals surface area contributed by atoms with Gasteiger partial charge >= 0.3 is 11.4 Å². The normalized spacial score (nSPS) is 20.0. The summed E-state index contributed by atoms with van der Waals surface area (Å²) in [6.07, 6.45) is 13.7. The molecule has 2 heterocycles. The maximum absolute atomic E-state index is 11.6. The van der Waals surface area contributed by atoms with Crippen LogP contribution in [0.1, 0.15) is 38.8 Å². The molecule has 1 atom stereocenters. The smallest absolute Gasteiger partial charge is 0.357 e. The molecule has 0 saturated carbocycles. The van der Waals surface area contributed by atoms with E-state index < -0.39 is 26.9 Å². The highest BCUT2D eigenvalue weighted by Gasteiger charge is 2.43. The van der Waals surface area contributed by atoms with E-state index >= 15 is 0 Å². The molecule has 0 aromatic heterocycles.